The molecule has 0 spiro atoms. The van der Waals surface area contributed by atoms with E-state index in [-0.39, 0.29) is 11.5 Å². The number of nitrogens with zero attached hydrogens (tertiary/aromatic N) is 3. The smallest absolute Gasteiger partial charge is 0.272 e. The highest BCUT2D eigenvalue weighted by Crippen LogP contribution is 2.20. The van der Waals surface area contributed by atoms with E-state index >= 15 is 0 Å². The zero-order chi connectivity index (χ0) is 20.4. The Kier molecular flexibility index (Phi) is 5.33. The van der Waals surface area contributed by atoms with Crippen LogP contribution in [-0.2, 0) is 11.3 Å². The number of carbonyl (C=O) groups excluding carboxylic acids is 1. The van der Waals surface area contributed by atoms with Gasteiger partial charge in [0.05, 0.1) is 5.39 Å². The molecular weight excluding hydrogens is 392 g/mol. The Morgan fingerprint density at radius 2 is 2.00 bits per heavy atom. The number of anilines is 1. The number of aromatic nitrogens is 3. The summed E-state index contributed by atoms with van der Waals surface area (Å²) in [5.74, 6) is -0.323. The Morgan fingerprint density at radius 1 is 1.21 bits per heavy atom. The van der Waals surface area contributed by atoms with Gasteiger partial charge in [-0.3, -0.25) is 14.0 Å². The summed E-state index contributed by atoms with van der Waals surface area (Å²) >= 11 is 5.91. The Hall–Kier alpha value is -3.16. The lowest BCUT2D eigenvalue weighted by atomic mass is 10.3. The molecule has 1 N–H and O–H groups in total. The Balaban J connectivity index is 1.82. The lowest BCUT2D eigenvalue weighted by Gasteiger charge is -2.11. The second kappa shape index (κ2) is 8.06. The van der Waals surface area contributed by atoms with Gasteiger partial charge < -0.3 is 14.6 Å². The summed E-state index contributed by atoms with van der Waals surface area (Å²) in [4.78, 5) is 30.6. The standard InChI is InChI=1S/C21H19ClN4O3/c1-29-12-4-11-25-17(20(27)23-15-8-6-14(22)7-9-15)13-16-19(25)24-18-5-2-3-10-26(18)21(16)28/h2-3,5-10,13H,4,11-12H2,1H3,(H,23,27). The van der Waals surface area contributed by atoms with E-state index < -0.39 is 0 Å². The van der Waals surface area contributed by atoms with Crippen LogP contribution < -0.4 is 10.9 Å². The number of hydrogen-bond donors (Lipinski definition) is 1. The van der Waals surface area contributed by atoms with Crippen molar-refractivity contribution < 1.29 is 9.53 Å². The van der Waals surface area contributed by atoms with Gasteiger partial charge in [-0.2, -0.15) is 0 Å². The van der Waals surface area contributed by atoms with Gasteiger partial charge in [-0.1, -0.05) is 17.7 Å². The van der Waals surface area contributed by atoms with E-state index in [1.165, 1.54) is 4.40 Å². The molecule has 0 atom stereocenters. The number of halogens is 1. The number of methoxy groups -OCH3 is 1. The van der Waals surface area contributed by atoms with Crippen LogP contribution in [0.5, 0.6) is 0 Å². The molecule has 7 nitrogen and oxygen atoms in total. The van der Waals surface area contributed by atoms with E-state index in [2.05, 4.69) is 10.3 Å². The Bertz CT molecular complexity index is 1240. The zero-order valence-corrected chi connectivity index (χ0v) is 16.5. The molecule has 0 saturated carbocycles. The van der Waals surface area contributed by atoms with Crippen LogP contribution in [0.1, 0.15) is 16.9 Å². The van der Waals surface area contributed by atoms with Gasteiger partial charge in [-0.25, -0.2) is 4.98 Å². The minimum absolute atomic E-state index is 0.211. The summed E-state index contributed by atoms with van der Waals surface area (Å²) < 4.78 is 8.39. The summed E-state index contributed by atoms with van der Waals surface area (Å²) in [7, 11) is 1.63. The fourth-order valence-electron chi connectivity index (χ4n) is 3.26. The second-order valence-electron chi connectivity index (χ2n) is 6.57. The number of nitrogens with one attached hydrogen (secondary N) is 1. The molecule has 3 heterocycles. The fourth-order valence-corrected chi connectivity index (χ4v) is 3.39. The van der Waals surface area contributed by atoms with Gasteiger partial charge in [0, 0.05) is 37.2 Å². The van der Waals surface area contributed by atoms with Crippen LogP contribution in [0.4, 0.5) is 5.69 Å². The average Bonchev–Trinajstić information content (AvgIpc) is 3.09. The molecule has 148 valence electrons. The van der Waals surface area contributed by atoms with Gasteiger partial charge in [0.25, 0.3) is 11.5 Å². The van der Waals surface area contributed by atoms with Crippen molar-refractivity contribution in [2.75, 3.05) is 19.0 Å². The van der Waals surface area contributed by atoms with Gasteiger partial charge in [0.1, 0.15) is 17.0 Å². The molecule has 8 heteroatoms. The molecule has 0 fully saturated rings. The molecule has 0 aliphatic carbocycles. The van der Waals surface area contributed by atoms with E-state index in [4.69, 9.17) is 16.3 Å². The first kappa shape index (κ1) is 19.2. The first-order chi connectivity index (χ1) is 14.1. The van der Waals surface area contributed by atoms with Crippen molar-refractivity contribution in [3.8, 4) is 0 Å². The molecule has 3 aromatic heterocycles. The average molecular weight is 411 g/mol. The maximum absolute atomic E-state index is 13.0. The van der Waals surface area contributed by atoms with Gasteiger partial charge in [0.2, 0.25) is 0 Å². The predicted octanol–water partition coefficient (Wildman–Crippen LogP) is 3.59. The normalized spacial score (nSPS) is 11.2. The minimum atomic E-state index is -0.323. The van der Waals surface area contributed by atoms with Crippen molar-refractivity contribution in [3.63, 3.8) is 0 Å². The molecule has 4 aromatic rings. The van der Waals surface area contributed by atoms with E-state index in [0.717, 1.165) is 0 Å². The third-order valence-electron chi connectivity index (χ3n) is 4.64. The van der Waals surface area contributed by atoms with Crippen LogP contribution >= 0.6 is 11.6 Å². The number of fused-ring (bicyclic) bond motifs is 2. The lowest BCUT2D eigenvalue weighted by molar-refractivity contribution is 0.101. The second-order valence-corrected chi connectivity index (χ2v) is 7.01. The monoisotopic (exact) mass is 410 g/mol. The summed E-state index contributed by atoms with van der Waals surface area (Å²) in [5, 5.41) is 3.83. The van der Waals surface area contributed by atoms with Gasteiger partial charge in [-0.15, -0.1) is 0 Å². The van der Waals surface area contributed by atoms with Crippen LogP contribution in [0.3, 0.4) is 0 Å². The quantitative estimate of drug-likeness (QED) is 0.493. The van der Waals surface area contributed by atoms with Crippen LogP contribution in [0.2, 0.25) is 5.02 Å². The summed E-state index contributed by atoms with van der Waals surface area (Å²) in [6.45, 7) is 1.03. The van der Waals surface area contributed by atoms with Crippen molar-refractivity contribution in [2.45, 2.75) is 13.0 Å². The van der Waals surface area contributed by atoms with Crippen molar-refractivity contribution >= 4 is 39.9 Å². The molecule has 0 aliphatic rings. The number of carbonyl (C=O) groups is 1. The number of hydrogen-bond acceptors (Lipinski definition) is 4. The van der Waals surface area contributed by atoms with Crippen LogP contribution in [0.25, 0.3) is 16.7 Å². The highest BCUT2D eigenvalue weighted by Gasteiger charge is 2.19. The van der Waals surface area contributed by atoms with E-state index in [0.29, 0.717) is 52.7 Å². The summed E-state index contributed by atoms with van der Waals surface area (Å²) in [5.41, 5.74) is 1.78. The highest BCUT2D eigenvalue weighted by molar-refractivity contribution is 6.30. The van der Waals surface area contributed by atoms with E-state index in [9.17, 15) is 9.59 Å². The molecule has 0 unspecified atom stereocenters. The van der Waals surface area contributed by atoms with Crippen LogP contribution in [0, 0.1) is 0 Å². The molecule has 1 aromatic carbocycles. The lowest BCUT2D eigenvalue weighted by Crippen LogP contribution is -2.18. The van der Waals surface area contributed by atoms with E-state index in [1.54, 1.807) is 60.3 Å². The topological polar surface area (TPSA) is 77.6 Å². The van der Waals surface area contributed by atoms with Gasteiger partial charge in [-0.05, 0) is 48.9 Å². The van der Waals surface area contributed by atoms with Crippen molar-refractivity contribution in [1.29, 1.82) is 0 Å². The first-order valence-corrected chi connectivity index (χ1v) is 9.53. The largest absolute Gasteiger partial charge is 0.385 e. The minimum Gasteiger partial charge on any atom is -0.385 e. The molecule has 0 aliphatic heterocycles. The molecule has 1 amide bonds. The molecule has 0 saturated heterocycles. The molecule has 0 bridgehead atoms. The number of pyridine rings is 1. The maximum Gasteiger partial charge on any atom is 0.272 e. The highest BCUT2D eigenvalue weighted by atomic mass is 35.5. The number of ether oxygens (including phenoxy) is 1. The molecule has 0 radical (unpaired) electrons. The molecule has 29 heavy (non-hydrogen) atoms. The fraction of sp³-hybridized carbons (Fsp3) is 0.190. The number of rotatable bonds is 6. The molecular formula is C21H19ClN4O3. The van der Waals surface area contributed by atoms with Gasteiger partial charge >= 0.3 is 0 Å². The molecule has 4 rings (SSSR count). The number of benzene rings is 1. The summed E-state index contributed by atoms with van der Waals surface area (Å²) in [6.07, 6.45) is 2.34. The predicted molar refractivity (Wildman–Crippen MR) is 113 cm³/mol. The van der Waals surface area contributed by atoms with Crippen molar-refractivity contribution in [1.82, 2.24) is 14.0 Å². The SMILES string of the molecule is COCCCn1c(C(=O)Nc2ccc(Cl)cc2)cc2c(=O)n3ccccc3nc21. The third-order valence-corrected chi connectivity index (χ3v) is 4.89. The van der Waals surface area contributed by atoms with Crippen molar-refractivity contribution in [2.24, 2.45) is 0 Å². The summed E-state index contributed by atoms with van der Waals surface area (Å²) in [6, 6.07) is 13.8. The van der Waals surface area contributed by atoms with Crippen molar-refractivity contribution in [3.05, 3.63) is 75.8 Å². The first-order valence-electron chi connectivity index (χ1n) is 9.15. The number of amides is 1. The maximum atomic E-state index is 13.0. The Labute approximate surface area is 171 Å². The Morgan fingerprint density at radius 3 is 2.76 bits per heavy atom. The zero-order valence-electron chi connectivity index (χ0n) is 15.8. The third kappa shape index (κ3) is 3.74. The van der Waals surface area contributed by atoms with E-state index in [1.807, 2.05) is 6.07 Å². The van der Waals surface area contributed by atoms with Crippen LogP contribution in [-0.4, -0.2) is 33.6 Å². The number of aryl methyl sites for hydroxylation is 1. The van der Waals surface area contributed by atoms with Gasteiger partial charge in [0.15, 0.2) is 0 Å². The van der Waals surface area contributed by atoms with Crippen LogP contribution in [0.15, 0.2) is 59.5 Å².